The minimum atomic E-state index is -0.479. The fraction of sp³-hybridized carbons (Fsp3) is 0.571. The minimum absolute atomic E-state index is 0.0902. The van der Waals surface area contributed by atoms with Crippen LogP contribution in [0.5, 0.6) is 11.5 Å². The van der Waals surface area contributed by atoms with Crippen LogP contribution in [0.1, 0.15) is 37.3 Å². The molecule has 1 aromatic rings. The molecule has 1 unspecified atom stereocenters. The Bertz CT molecular complexity index is 761. The number of methoxy groups -OCH3 is 1. The summed E-state index contributed by atoms with van der Waals surface area (Å²) in [7, 11) is 1.66. The zero-order valence-corrected chi connectivity index (χ0v) is 15.9. The number of aliphatic hydroxyl groups is 1. The molecule has 0 radical (unpaired) electrons. The van der Waals surface area contributed by atoms with Crippen molar-refractivity contribution in [3.63, 3.8) is 0 Å². The Kier molecular flexibility index (Phi) is 4.86. The van der Waals surface area contributed by atoms with Gasteiger partial charge >= 0.3 is 5.97 Å². The van der Waals surface area contributed by atoms with Gasteiger partial charge in [-0.15, -0.1) is 0 Å². The molecule has 0 fully saturated rings. The molecule has 27 heavy (non-hydrogen) atoms. The van der Waals surface area contributed by atoms with Crippen LogP contribution in [-0.2, 0) is 21.5 Å². The fourth-order valence-corrected chi connectivity index (χ4v) is 4.67. The number of ether oxygens (including phenoxy) is 3. The zero-order valence-electron chi connectivity index (χ0n) is 15.9. The predicted octanol–water partition coefficient (Wildman–Crippen LogP) is 2.17. The number of aliphatic hydroxyl groups excluding tert-OH is 1. The van der Waals surface area contributed by atoms with Crippen LogP contribution in [0.3, 0.4) is 0 Å². The van der Waals surface area contributed by atoms with Crippen LogP contribution in [0.25, 0.3) is 0 Å². The van der Waals surface area contributed by atoms with Crippen molar-refractivity contribution in [2.24, 2.45) is 0 Å². The number of benzene rings is 1. The molecule has 3 aliphatic rings. The second-order valence-corrected chi connectivity index (χ2v) is 7.52. The molecule has 0 saturated carbocycles. The van der Waals surface area contributed by atoms with Gasteiger partial charge in [-0.25, -0.2) is 0 Å². The minimum Gasteiger partial charge on any atom is -0.493 e. The summed E-state index contributed by atoms with van der Waals surface area (Å²) in [4.78, 5) is 14.1. The second-order valence-electron chi connectivity index (χ2n) is 7.52. The van der Waals surface area contributed by atoms with E-state index in [4.69, 9.17) is 14.2 Å². The van der Waals surface area contributed by atoms with E-state index >= 15 is 0 Å². The van der Waals surface area contributed by atoms with Crippen LogP contribution in [0, 0.1) is 0 Å². The van der Waals surface area contributed by atoms with Crippen molar-refractivity contribution in [3.8, 4) is 11.5 Å². The van der Waals surface area contributed by atoms with Gasteiger partial charge in [0.05, 0.1) is 31.7 Å². The third-order valence-electron chi connectivity index (χ3n) is 5.97. The highest BCUT2D eigenvalue weighted by Crippen LogP contribution is 2.55. The first-order valence-corrected chi connectivity index (χ1v) is 9.69. The number of nitrogens with zero attached hydrogens (tertiary/aromatic N) is 1. The summed E-state index contributed by atoms with van der Waals surface area (Å²) in [5, 5.41) is 10.1. The van der Waals surface area contributed by atoms with Crippen molar-refractivity contribution in [2.75, 3.05) is 26.8 Å². The second kappa shape index (κ2) is 7.17. The summed E-state index contributed by atoms with van der Waals surface area (Å²) in [5.41, 5.74) is 2.15. The molecule has 2 aliphatic heterocycles. The highest BCUT2D eigenvalue weighted by Gasteiger charge is 2.52. The van der Waals surface area contributed by atoms with E-state index in [1.54, 1.807) is 7.11 Å². The Morgan fingerprint density at radius 2 is 2.30 bits per heavy atom. The van der Waals surface area contributed by atoms with Crippen LogP contribution in [0.4, 0.5) is 0 Å². The monoisotopic (exact) mass is 373 g/mol. The van der Waals surface area contributed by atoms with Crippen LogP contribution < -0.4 is 9.47 Å². The molecule has 1 aliphatic carbocycles. The molecule has 4 rings (SSSR count). The van der Waals surface area contributed by atoms with Crippen molar-refractivity contribution >= 4 is 5.97 Å². The smallest absolute Gasteiger partial charge is 0.307 e. The van der Waals surface area contributed by atoms with E-state index in [-0.39, 0.29) is 17.5 Å². The topological polar surface area (TPSA) is 68.2 Å². The van der Waals surface area contributed by atoms with Crippen LogP contribution in [0.2, 0.25) is 0 Å². The summed E-state index contributed by atoms with van der Waals surface area (Å²) >= 11 is 0. The average molecular weight is 373 g/mol. The van der Waals surface area contributed by atoms with Gasteiger partial charge in [-0.3, -0.25) is 9.69 Å². The standard InChI is InChI=1S/C21H27NO5/c1-3-26-18(24)7-10-22-11-9-21-8-6-15(23)12-17(21)27-20-16(25-2)5-4-14(13-22)19(20)21/h4-6,8,15,17,23H,3,7,9-13H2,1-2H3/t15-,17-,21?/m1/s1. The number of carbonyl (C=O) groups is 1. The normalized spacial score (nSPS) is 28.7. The van der Waals surface area contributed by atoms with E-state index in [2.05, 4.69) is 17.0 Å². The lowest BCUT2D eigenvalue weighted by Crippen LogP contribution is -2.43. The van der Waals surface area contributed by atoms with E-state index in [0.29, 0.717) is 26.0 Å². The van der Waals surface area contributed by atoms with Crippen LogP contribution in [-0.4, -0.2) is 55.0 Å². The first-order valence-electron chi connectivity index (χ1n) is 9.69. The zero-order chi connectivity index (χ0) is 19.0. The maximum Gasteiger partial charge on any atom is 0.307 e. The van der Waals surface area contributed by atoms with Gasteiger partial charge in [-0.05, 0) is 31.5 Å². The van der Waals surface area contributed by atoms with Crippen LogP contribution in [0.15, 0.2) is 24.3 Å². The Hall–Kier alpha value is -2.05. The molecule has 0 bridgehead atoms. The maximum atomic E-state index is 11.8. The third-order valence-corrected chi connectivity index (χ3v) is 5.97. The summed E-state index contributed by atoms with van der Waals surface area (Å²) in [5.74, 6) is 1.40. The molecular weight excluding hydrogens is 346 g/mol. The van der Waals surface area contributed by atoms with E-state index in [1.165, 1.54) is 11.1 Å². The van der Waals surface area contributed by atoms with Crippen molar-refractivity contribution < 1.29 is 24.1 Å². The van der Waals surface area contributed by atoms with E-state index in [0.717, 1.165) is 31.0 Å². The predicted molar refractivity (Wildman–Crippen MR) is 100.0 cm³/mol. The van der Waals surface area contributed by atoms with Gasteiger partial charge in [-0.1, -0.05) is 18.2 Å². The third kappa shape index (κ3) is 3.11. The highest BCUT2D eigenvalue weighted by atomic mass is 16.5. The molecule has 1 spiro atoms. The van der Waals surface area contributed by atoms with Gasteiger partial charge in [0.1, 0.15) is 6.10 Å². The van der Waals surface area contributed by atoms with Gasteiger partial charge in [-0.2, -0.15) is 0 Å². The van der Waals surface area contributed by atoms with Crippen molar-refractivity contribution in [1.82, 2.24) is 4.90 Å². The number of carbonyl (C=O) groups excluding carboxylic acids is 1. The van der Waals surface area contributed by atoms with Crippen molar-refractivity contribution in [2.45, 2.75) is 50.4 Å². The molecule has 1 aromatic carbocycles. The van der Waals surface area contributed by atoms with E-state index in [9.17, 15) is 9.90 Å². The van der Waals surface area contributed by atoms with Gasteiger partial charge in [0.25, 0.3) is 0 Å². The number of hydrogen-bond acceptors (Lipinski definition) is 6. The summed E-state index contributed by atoms with van der Waals surface area (Å²) in [6.07, 6.45) is 5.32. The van der Waals surface area contributed by atoms with Gasteiger partial charge in [0.15, 0.2) is 11.5 Å². The van der Waals surface area contributed by atoms with Gasteiger partial charge < -0.3 is 19.3 Å². The lowest BCUT2D eigenvalue weighted by molar-refractivity contribution is -0.143. The summed E-state index contributed by atoms with van der Waals surface area (Å²) in [6.45, 7) is 4.54. The molecule has 146 valence electrons. The quantitative estimate of drug-likeness (QED) is 0.630. The Labute approximate surface area is 159 Å². The SMILES string of the molecule is CCOC(=O)CCN1CCC23C=C[C@@H](O)C[C@H]2Oc2c(OC)ccc(c23)C1. The van der Waals surface area contributed by atoms with Crippen molar-refractivity contribution in [3.05, 3.63) is 35.4 Å². The van der Waals surface area contributed by atoms with Crippen molar-refractivity contribution in [1.29, 1.82) is 0 Å². The molecule has 6 heteroatoms. The molecule has 0 amide bonds. The number of rotatable bonds is 5. The Morgan fingerprint density at radius 1 is 1.44 bits per heavy atom. The molecular formula is C21H27NO5. The number of esters is 1. The Morgan fingerprint density at radius 3 is 3.07 bits per heavy atom. The lowest BCUT2D eigenvalue weighted by atomic mass is 9.69. The average Bonchev–Trinajstić information content (AvgIpc) is 2.89. The summed E-state index contributed by atoms with van der Waals surface area (Å²) < 4.78 is 16.9. The largest absolute Gasteiger partial charge is 0.493 e. The van der Waals surface area contributed by atoms with Gasteiger partial charge in [0.2, 0.25) is 0 Å². The molecule has 6 nitrogen and oxygen atoms in total. The fourth-order valence-electron chi connectivity index (χ4n) is 4.67. The maximum absolute atomic E-state index is 11.8. The number of hydrogen-bond donors (Lipinski definition) is 1. The Balaban J connectivity index is 1.67. The van der Waals surface area contributed by atoms with Gasteiger partial charge in [0, 0.05) is 25.1 Å². The molecule has 0 saturated heterocycles. The molecule has 3 atom stereocenters. The van der Waals surface area contributed by atoms with E-state index < -0.39 is 6.10 Å². The lowest BCUT2D eigenvalue weighted by Gasteiger charge is -2.35. The molecule has 2 heterocycles. The highest BCUT2D eigenvalue weighted by molar-refractivity contribution is 5.69. The summed E-state index contributed by atoms with van der Waals surface area (Å²) in [6, 6.07) is 4.06. The molecule has 1 N–H and O–H groups in total. The first kappa shape index (κ1) is 18.3. The van der Waals surface area contributed by atoms with E-state index in [1.807, 2.05) is 19.1 Å². The first-order chi connectivity index (χ1) is 13.1. The molecule has 0 aromatic heterocycles. The van der Waals surface area contributed by atoms with Crippen LogP contribution >= 0.6 is 0 Å².